The Morgan fingerprint density at radius 3 is 2.57 bits per heavy atom. The highest BCUT2D eigenvalue weighted by molar-refractivity contribution is 4.77. The van der Waals surface area contributed by atoms with Crippen LogP contribution >= 0.6 is 0 Å². The second kappa shape index (κ2) is 6.41. The van der Waals surface area contributed by atoms with Crippen LogP contribution in [0.5, 0.6) is 0 Å². The fourth-order valence-corrected chi connectivity index (χ4v) is 2.30. The smallest absolute Gasteiger partial charge is 0.00926 e. The Bertz CT molecular complexity index is 145. The highest BCUT2D eigenvalue weighted by Crippen LogP contribution is 2.23. The summed E-state index contributed by atoms with van der Waals surface area (Å²) in [4.78, 5) is 2.26. The average molecular weight is 198 g/mol. The van der Waals surface area contributed by atoms with Gasteiger partial charge in [0.15, 0.2) is 0 Å². The summed E-state index contributed by atoms with van der Waals surface area (Å²) in [5.41, 5.74) is 0. The van der Waals surface area contributed by atoms with Crippen LogP contribution in [0.2, 0.25) is 0 Å². The Labute approximate surface area is 89.1 Å². The van der Waals surface area contributed by atoms with Gasteiger partial charge in [-0.15, -0.1) is 0 Å². The van der Waals surface area contributed by atoms with E-state index in [-0.39, 0.29) is 0 Å². The predicted octanol–water partition coefficient (Wildman–Crippen LogP) is 2.11. The molecule has 0 unspecified atom stereocenters. The van der Waals surface area contributed by atoms with Crippen LogP contribution in [-0.4, -0.2) is 38.1 Å². The molecular weight excluding hydrogens is 172 g/mol. The number of nitrogens with one attached hydrogen (secondary N) is 1. The number of hydrogen-bond acceptors (Lipinski definition) is 2. The summed E-state index contributed by atoms with van der Waals surface area (Å²) in [5, 5.41) is 3.70. The van der Waals surface area contributed by atoms with Gasteiger partial charge in [0.25, 0.3) is 0 Å². The summed E-state index contributed by atoms with van der Waals surface area (Å²) in [6, 6.07) is 0.797. The molecule has 1 aliphatic rings. The lowest BCUT2D eigenvalue weighted by atomic mass is 9.86. The molecule has 14 heavy (non-hydrogen) atoms. The summed E-state index contributed by atoms with van der Waals surface area (Å²) >= 11 is 0. The van der Waals surface area contributed by atoms with Gasteiger partial charge in [-0.05, 0) is 52.4 Å². The zero-order valence-electron chi connectivity index (χ0n) is 10.1. The molecule has 0 aliphatic heterocycles. The van der Waals surface area contributed by atoms with Crippen LogP contribution < -0.4 is 5.32 Å². The van der Waals surface area contributed by atoms with Crippen molar-refractivity contribution in [2.24, 2.45) is 5.92 Å². The van der Waals surface area contributed by atoms with Gasteiger partial charge in [0.2, 0.25) is 0 Å². The highest BCUT2D eigenvalue weighted by Gasteiger charge is 2.19. The van der Waals surface area contributed by atoms with E-state index in [0.29, 0.717) is 0 Å². The van der Waals surface area contributed by atoms with Gasteiger partial charge < -0.3 is 10.2 Å². The minimum absolute atomic E-state index is 0.797. The van der Waals surface area contributed by atoms with Crippen molar-refractivity contribution < 1.29 is 0 Å². The molecule has 1 N–H and O–H groups in total. The molecule has 1 rings (SSSR count). The Hall–Kier alpha value is -0.0800. The van der Waals surface area contributed by atoms with Gasteiger partial charge in [-0.3, -0.25) is 0 Å². The van der Waals surface area contributed by atoms with Crippen LogP contribution in [0.4, 0.5) is 0 Å². The Morgan fingerprint density at radius 1 is 1.21 bits per heavy atom. The van der Waals surface area contributed by atoms with Crippen molar-refractivity contribution in [2.45, 2.75) is 45.1 Å². The van der Waals surface area contributed by atoms with Crippen molar-refractivity contribution >= 4 is 0 Å². The van der Waals surface area contributed by atoms with E-state index in [4.69, 9.17) is 0 Å². The van der Waals surface area contributed by atoms with Crippen molar-refractivity contribution in [3.8, 4) is 0 Å². The molecule has 2 heteroatoms. The van der Waals surface area contributed by atoms with E-state index in [1.54, 1.807) is 0 Å². The molecule has 0 bridgehead atoms. The molecule has 1 saturated carbocycles. The summed E-state index contributed by atoms with van der Waals surface area (Å²) in [6.45, 7) is 4.78. The van der Waals surface area contributed by atoms with Crippen molar-refractivity contribution in [3.05, 3.63) is 0 Å². The molecule has 1 fully saturated rings. The summed E-state index contributed by atoms with van der Waals surface area (Å²) in [5.74, 6) is 0.892. The minimum Gasteiger partial charge on any atom is -0.314 e. The van der Waals surface area contributed by atoms with Crippen LogP contribution in [0.15, 0.2) is 0 Å². The maximum absolute atomic E-state index is 3.70. The molecule has 0 aromatic carbocycles. The van der Waals surface area contributed by atoms with Gasteiger partial charge in [0.1, 0.15) is 0 Å². The summed E-state index contributed by atoms with van der Waals surface area (Å²) in [7, 11) is 4.28. The number of nitrogens with zero attached hydrogens (tertiary/aromatic N) is 1. The Morgan fingerprint density at radius 2 is 1.93 bits per heavy atom. The molecule has 0 amide bonds. The molecule has 0 aromatic heterocycles. The zero-order valence-corrected chi connectivity index (χ0v) is 10.1. The van der Waals surface area contributed by atoms with Gasteiger partial charge in [-0.25, -0.2) is 0 Å². The number of hydrogen-bond donors (Lipinski definition) is 1. The van der Waals surface area contributed by atoms with Crippen molar-refractivity contribution in [1.82, 2.24) is 10.2 Å². The molecule has 0 aromatic rings. The lowest BCUT2D eigenvalue weighted by Gasteiger charge is -2.29. The van der Waals surface area contributed by atoms with E-state index in [9.17, 15) is 0 Å². The third kappa shape index (κ3) is 4.43. The van der Waals surface area contributed by atoms with E-state index in [0.717, 1.165) is 12.0 Å². The summed E-state index contributed by atoms with van der Waals surface area (Å²) in [6.07, 6.45) is 6.96. The van der Waals surface area contributed by atoms with Gasteiger partial charge >= 0.3 is 0 Å². The van der Waals surface area contributed by atoms with Crippen LogP contribution in [0, 0.1) is 5.92 Å². The van der Waals surface area contributed by atoms with Crippen LogP contribution in [0.1, 0.15) is 39.0 Å². The van der Waals surface area contributed by atoms with E-state index in [2.05, 4.69) is 31.2 Å². The van der Waals surface area contributed by atoms with Crippen molar-refractivity contribution in [2.75, 3.05) is 27.2 Å². The van der Waals surface area contributed by atoms with E-state index in [1.165, 1.54) is 45.2 Å². The maximum Gasteiger partial charge on any atom is 0.00926 e. The maximum atomic E-state index is 3.70. The lowest BCUT2D eigenvalue weighted by molar-refractivity contribution is 0.275. The third-order valence-electron chi connectivity index (χ3n) is 3.30. The standard InChI is InChI=1S/C12H26N2/c1-11-7-4-5-8-12(11)13-9-6-10-14(2)3/h11-13H,4-10H2,1-3H3/t11-,12-/m0/s1. The topological polar surface area (TPSA) is 15.3 Å². The van der Waals surface area contributed by atoms with Gasteiger partial charge in [0.05, 0.1) is 0 Å². The molecule has 0 spiro atoms. The Kier molecular flexibility index (Phi) is 5.49. The second-order valence-electron chi connectivity index (χ2n) is 4.98. The van der Waals surface area contributed by atoms with Crippen LogP contribution in [-0.2, 0) is 0 Å². The highest BCUT2D eigenvalue weighted by atomic mass is 15.1. The fourth-order valence-electron chi connectivity index (χ4n) is 2.30. The first-order valence-electron chi connectivity index (χ1n) is 6.08. The van der Waals surface area contributed by atoms with Crippen molar-refractivity contribution in [3.63, 3.8) is 0 Å². The lowest BCUT2D eigenvalue weighted by Crippen LogP contribution is -2.38. The quantitative estimate of drug-likeness (QED) is 0.681. The van der Waals surface area contributed by atoms with E-state index < -0.39 is 0 Å². The number of rotatable bonds is 5. The van der Waals surface area contributed by atoms with Crippen molar-refractivity contribution in [1.29, 1.82) is 0 Å². The van der Waals surface area contributed by atoms with Crippen LogP contribution in [0.25, 0.3) is 0 Å². The van der Waals surface area contributed by atoms with E-state index >= 15 is 0 Å². The monoisotopic (exact) mass is 198 g/mol. The van der Waals surface area contributed by atoms with Gasteiger partial charge in [0, 0.05) is 6.04 Å². The molecule has 2 nitrogen and oxygen atoms in total. The predicted molar refractivity (Wildman–Crippen MR) is 62.6 cm³/mol. The first-order valence-corrected chi connectivity index (χ1v) is 6.08. The molecular formula is C12H26N2. The zero-order chi connectivity index (χ0) is 10.4. The summed E-state index contributed by atoms with van der Waals surface area (Å²) < 4.78 is 0. The SMILES string of the molecule is C[C@H]1CCCC[C@@H]1NCCCN(C)C. The molecule has 0 heterocycles. The first kappa shape index (κ1) is 12.0. The Balaban J connectivity index is 2.04. The molecule has 84 valence electrons. The fraction of sp³-hybridized carbons (Fsp3) is 1.00. The van der Waals surface area contributed by atoms with E-state index in [1.807, 2.05) is 0 Å². The first-order chi connectivity index (χ1) is 6.70. The third-order valence-corrected chi connectivity index (χ3v) is 3.30. The minimum atomic E-state index is 0.797. The normalized spacial score (nSPS) is 28.3. The molecule has 2 atom stereocenters. The molecule has 0 radical (unpaired) electrons. The average Bonchev–Trinajstić information content (AvgIpc) is 2.15. The van der Waals surface area contributed by atoms with Crippen LogP contribution in [0.3, 0.4) is 0 Å². The van der Waals surface area contributed by atoms with Gasteiger partial charge in [-0.1, -0.05) is 19.8 Å². The molecule has 0 saturated heterocycles. The van der Waals surface area contributed by atoms with Gasteiger partial charge in [-0.2, -0.15) is 0 Å². The second-order valence-corrected chi connectivity index (χ2v) is 4.98. The largest absolute Gasteiger partial charge is 0.314 e. The molecule has 1 aliphatic carbocycles.